The lowest BCUT2D eigenvalue weighted by Crippen LogP contribution is -2.25. The number of fused-ring (bicyclic) bond motifs is 1. The quantitative estimate of drug-likeness (QED) is 0.695. The van der Waals surface area contributed by atoms with Crippen molar-refractivity contribution in [3.05, 3.63) is 69.4 Å². The minimum atomic E-state index is -0.632. The van der Waals surface area contributed by atoms with Crippen LogP contribution in [0.4, 0.5) is 8.78 Å². The Balaban J connectivity index is 1.75. The van der Waals surface area contributed by atoms with Crippen LogP contribution < -0.4 is 5.32 Å². The number of rotatable bonds is 4. The Morgan fingerprint density at radius 2 is 1.92 bits per heavy atom. The van der Waals surface area contributed by atoms with Crippen molar-refractivity contribution in [3.63, 3.8) is 0 Å². The molecule has 2 N–H and O–H groups in total. The van der Waals surface area contributed by atoms with E-state index in [1.165, 1.54) is 18.2 Å². The molecule has 0 radical (unpaired) electrons. The second kappa shape index (κ2) is 6.84. The fourth-order valence-corrected chi connectivity index (χ4v) is 3.11. The lowest BCUT2D eigenvalue weighted by molar-refractivity contribution is 0.0953. The molecule has 130 valence electrons. The summed E-state index contributed by atoms with van der Waals surface area (Å²) in [5.41, 5.74) is 3.50. The van der Waals surface area contributed by atoms with E-state index in [0.717, 1.165) is 28.3 Å². The monoisotopic (exact) mass is 362 g/mol. The van der Waals surface area contributed by atoms with Crippen molar-refractivity contribution >= 4 is 28.4 Å². The first-order chi connectivity index (χ1) is 11.9. The van der Waals surface area contributed by atoms with E-state index in [1.54, 1.807) is 6.07 Å². The van der Waals surface area contributed by atoms with E-state index in [2.05, 4.69) is 10.3 Å². The largest absolute Gasteiger partial charge is 0.356 e. The zero-order valence-electron chi connectivity index (χ0n) is 13.8. The second-order valence-electron chi connectivity index (χ2n) is 5.98. The normalized spacial score (nSPS) is 11.1. The number of hydrogen-bond acceptors (Lipinski definition) is 1. The number of carbonyl (C=O) groups excluding carboxylic acids is 1. The fourth-order valence-electron chi connectivity index (χ4n) is 3.00. The highest BCUT2D eigenvalue weighted by atomic mass is 35.5. The van der Waals surface area contributed by atoms with Crippen LogP contribution in [0.5, 0.6) is 0 Å². The van der Waals surface area contributed by atoms with Gasteiger partial charge in [-0.05, 0) is 55.7 Å². The maximum atomic E-state index is 14.0. The molecular formula is C19H17ClF2N2O. The van der Waals surface area contributed by atoms with E-state index in [-0.39, 0.29) is 22.3 Å². The summed E-state index contributed by atoms with van der Waals surface area (Å²) in [6.07, 6.45) is 0.540. The lowest BCUT2D eigenvalue weighted by atomic mass is 10.0. The number of hydrogen-bond donors (Lipinski definition) is 2. The van der Waals surface area contributed by atoms with E-state index < -0.39 is 5.82 Å². The molecule has 0 aliphatic carbocycles. The molecule has 2 aromatic carbocycles. The summed E-state index contributed by atoms with van der Waals surface area (Å²) < 4.78 is 27.4. The first kappa shape index (κ1) is 17.4. The van der Waals surface area contributed by atoms with Crippen molar-refractivity contribution in [2.24, 2.45) is 0 Å². The summed E-state index contributed by atoms with van der Waals surface area (Å²) >= 11 is 5.62. The van der Waals surface area contributed by atoms with Crippen LogP contribution in [-0.2, 0) is 6.42 Å². The van der Waals surface area contributed by atoms with Crippen molar-refractivity contribution in [1.82, 2.24) is 10.3 Å². The number of aromatic nitrogens is 1. The zero-order chi connectivity index (χ0) is 18.1. The third-order valence-electron chi connectivity index (χ3n) is 4.27. The van der Waals surface area contributed by atoms with Gasteiger partial charge in [0, 0.05) is 23.2 Å². The molecule has 0 atom stereocenters. The molecule has 0 fully saturated rings. The van der Waals surface area contributed by atoms with Crippen LogP contribution in [0.15, 0.2) is 30.3 Å². The zero-order valence-corrected chi connectivity index (χ0v) is 14.6. The summed E-state index contributed by atoms with van der Waals surface area (Å²) in [7, 11) is 0. The topological polar surface area (TPSA) is 44.9 Å². The highest BCUT2D eigenvalue weighted by Gasteiger charge is 2.14. The molecule has 0 aliphatic heterocycles. The van der Waals surface area contributed by atoms with Crippen LogP contribution in [0.3, 0.4) is 0 Å². The highest BCUT2D eigenvalue weighted by Crippen LogP contribution is 2.27. The van der Waals surface area contributed by atoms with Crippen LogP contribution in [-0.4, -0.2) is 17.4 Å². The van der Waals surface area contributed by atoms with E-state index in [1.807, 2.05) is 13.8 Å². The molecule has 0 saturated heterocycles. The van der Waals surface area contributed by atoms with E-state index >= 15 is 0 Å². The number of carbonyl (C=O) groups is 1. The first-order valence-electron chi connectivity index (χ1n) is 7.88. The molecule has 0 spiro atoms. The van der Waals surface area contributed by atoms with E-state index in [0.29, 0.717) is 18.5 Å². The van der Waals surface area contributed by atoms with Crippen LogP contribution >= 0.6 is 11.6 Å². The molecule has 0 saturated carbocycles. The van der Waals surface area contributed by atoms with Crippen LogP contribution in [0.25, 0.3) is 10.9 Å². The molecule has 3 aromatic rings. The Morgan fingerprint density at radius 3 is 2.64 bits per heavy atom. The number of amides is 1. The van der Waals surface area contributed by atoms with Gasteiger partial charge in [0.2, 0.25) is 0 Å². The number of aromatic amines is 1. The lowest BCUT2D eigenvalue weighted by Gasteiger charge is -2.07. The minimum absolute atomic E-state index is 0.0246. The predicted octanol–water partition coefficient (Wildman–Crippen LogP) is 4.69. The number of nitrogens with one attached hydrogen (secondary N) is 2. The Kier molecular flexibility index (Phi) is 4.77. The van der Waals surface area contributed by atoms with Crippen molar-refractivity contribution < 1.29 is 13.6 Å². The first-order valence-corrected chi connectivity index (χ1v) is 8.25. The molecule has 6 heteroatoms. The maximum Gasteiger partial charge on any atom is 0.251 e. The van der Waals surface area contributed by atoms with Crippen molar-refractivity contribution in [3.8, 4) is 0 Å². The molecule has 0 aliphatic rings. The SMILES string of the molecule is Cc1[nH]c2c(F)ccc(C)c2c1CCNC(=O)c1ccc(Cl)c(F)c1. The summed E-state index contributed by atoms with van der Waals surface area (Å²) in [6.45, 7) is 4.16. The van der Waals surface area contributed by atoms with E-state index in [4.69, 9.17) is 11.6 Å². The molecule has 0 bridgehead atoms. The third kappa shape index (κ3) is 3.37. The average molecular weight is 363 g/mol. The van der Waals surface area contributed by atoms with Gasteiger partial charge in [-0.2, -0.15) is 0 Å². The van der Waals surface area contributed by atoms with Crippen LogP contribution in [0.2, 0.25) is 5.02 Å². The highest BCUT2D eigenvalue weighted by molar-refractivity contribution is 6.30. The summed E-state index contributed by atoms with van der Waals surface area (Å²) in [4.78, 5) is 15.2. The summed E-state index contributed by atoms with van der Waals surface area (Å²) in [6, 6.07) is 7.10. The molecule has 3 nitrogen and oxygen atoms in total. The number of benzene rings is 2. The summed E-state index contributed by atoms with van der Waals surface area (Å²) in [5, 5.41) is 3.58. The van der Waals surface area contributed by atoms with Gasteiger partial charge in [-0.1, -0.05) is 17.7 Å². The minimum Gasteiger partial charge on any atom is -0.356 e. The predicted molar refractivity (Wildman–Crippen MR) is 95.2 cm³/mol. The molecule has 1 heterocycles. The number of aryl methyl sites for hydroxylation is 2. The Bertz CT molecular complexity index is 966. The molecule has 0 unspecified atom stereocenters. The van der Waals surface area contributed by atoms with Gasteiger partial charge < -0.3 is 10.3 Å². The van der Waals surface area contributed by atoms with Gasteiger partial charge in [0.15, 0.2) is 0 Å². The van der Waals surface area contributed by atoms with Gasteiger partial charge >= 0.3 is 0 Å². The van der Waals surface area contributed by atoms with Crippen LogP contribution in [0.1, 0.15) is 27.2 Å². The maximum absolute atomic E-state index is 14.0. The van der Waals surface area contributed by atoms with Gasteiger partial charge in [0.1, 0.15) is 11.6 Å². The van der Waals surface area contributed by atoms with Gasteiger partial charge in [0.05, 0.1) is 10.5 Å². The standard InChI is InChI=1S/C19H17ClF2N2O/c1-10-3-6-15(21)18-17(10)13(11(2)24-18)7-8-23-19(25)12-4-5-14(20)16(22)9-12/h3-6,9,24H,7-8H2,1-2H3,(H,23,25). The van der Waals surface area contributed by atoms with Crippen molar-refractivity contribution in [1.29, 1.82) is 0 Å². The van der Waals surface area contributed by atoms with Crippen molar-refractivity contribution in [2.75, 3.05) is 6.54 Å². The summed E-state index contributed by atoms with van der Waals surface area (Å²) in [5.74, 6) is -1.31. The van der Waals surface area contributed by atoms with Gasteiger partial charge in [-0.3, -0.25) is 4.79 Å². The molecule has 25 heavy (non-hydrogen) atoms. The molecular weight excluding hydrogens is 346 g/mol. The Labute approximate surface area is 149 Å². The Hall–Kier alpha value is -2.40. The smallest absolute Gasteiger partial charge is 0.251 e. The second-order valence-corrected chi connectivity index (χ2v) is 6.38. The van der Waals surface area contributed by atoms with E-state index in [9.17, 15) is 13.6 Å². The molecule has 1 amide bonds. The van der Waals surface area contributed by atoms with Gasteiger partial charge in [-0.15, -0.1) is 0 Å². The van der Waals surface area contributed by atoms with Gasteiger partial charge in [0.25, 0.3) is 5.91 Å². The molecule has 1 aromatic heterocycles. The third-order valence-corrected chi connectivity index (χ3v) is 4.58. The van der Waals surface area contributed by atoms with Crippen LogP contribution in [0, 0.1) is 25.5 Å². The Morgan fingerprint density at radius 1 is 1.16 bits per heavy atom. The number of H-pyrrole nitrogens is 1. The fraction of sp³-hybridized carbons (Fsp3) is 0.211. The van der Waals surface area contributed by atoms with Crippen molar-refractivity contribution in [2.45, 2.75) is 20.3 Å². The molecule has 3 rings (SSSR count). The van der Waals surface area contributed by atoms with Gasteiger partial charge in [-0.25, -0.2) is 8.78 Å². The number of halogens is 3. The average Bonchev–Trinajstić information content (AvgIpc) is 2.91.